The van der Waals surface area contributed by atoms with Gasteiger partial charge in [0, 0.05) is 20.9 Å². The van der Waals surface area contributed by atoms with Gasteiger partial charge in [0.15, 0.2) is 0 Å². The minimum atomic E-state index is 0.168. The molecule has 80 valence electrons. The van der Waals surface area contributed by atoms with Gasteiger partial charge in [0.1, 0.15) is 0 Å². The van der Waals surface area contributed by atoms with Crippen LogP contribution >= 0.6 is 34.4 Å². The van der Waals surface area contributed by atoms with Crippen LogP contribution in [0.4, 0.5) is 5.69 Å². The van der Waals surface area contributed by atoms with E-state index >= 15 is 0 Å². The van der Waals surface area contributed by atoms with Crippen molar-refractivity contribution in [1.29, 1.82) is 0 Å². The number of halogens is 1. The van der Waals surface area contributed by atoms with Gasteiger partial charge in [-0.15, -0.1) is 0 Å². The first-order chi connectivity index (χ1) is 7.25. The van der Waals surface area contributed by atoms with Crippen LogP contribution < -0.4 is 5.32 Å². The van der Waals surface area contributed by atoms with E-state index in [4.69, 9.17) is 0 Å². The van der Waals surface area contributed by atoms with Crippen LogP contribution in [0.3, 0.4) is 0 Å². The summed E-state index contributed by atoms with van der Waals surface area (Å²) < 4.78 is 1.18. The summed E-state index contributed by atoms with van der Waals surface area (Å²) in [5.41, 5.74) is 0.900. The van der Waals surface area contributed by atoms with E-state index in [0.717, 1.165) is 23.6 Å². The second-order valence-electron chi connectivity index (χ2n) is 3.56. The maximum absolute atomic E-state index is 11.8. The smallest absolute Gasteiger partial charge is 0.228 e. The molecular weight excluding hydrogens is 321 g/mol. The monoisotopic (exact) mass is 333 g/mol. The Morgan fingerprint density at radius 3 is 2.73 bits per heavy atom. The van der Waals surface area contributed by atoms with Crippen molar-refractivity contribution in [2.45, 2.75) is 6.42 Å². The highest BCUT2D eigenvalue weighted by molar-refractivity contribution is 14.1. The fourth-order valence-corrected chi connectivity index (χ4v) is 3.10. The number of hydrogen-bond donors (Lipinski definition) is 1. The summed E-state index contributed by atoms with van der Waals surface area (Å²) in [5.74, 6) is 2.46. The summed E-state index contributed by atoms with van der Waals surface area (Å²) in [7, 11) is 0. The summed E-state index contributed by atoms with van der Waals surface area (Å²) in [6.07, 6.45) is 1.01. The largest absolute Gasteiger partial charge is 0.326 e. The maximum Gasteiger partial charge on any atom is 0.228 e. The van der Waals surface area contributed by atoms with Gasteiger partial charge in [0.2, 0.25) is 5.91 Å². The van der Waals surface area contributed by atoms with E-state index in [-0.39, 0.29) is 11.8 Å². The first-order valence-electron chi connectivity index (χ1n) is 4.90. The van der Waals surface area contributed by atoms with Crippen LogP contribution in [0.25, 0.3) is 0 Å². The molecule has 0 bridgehead atoms. The van der Waals surface area contributed by atoms with Gasteiger partial charge in [-0.05, 0) is 59.0 Å². The molecule has 1 heterocycles. The third-order valence-electron chi connectivity index (χ3n) is 2.41. The molecule has 0 aliphatic carbocycles. The minimum absolute atomic E-state index is 0.168. The van der Waals surface area contributed by atoms with E-state index in [1.54, 1.807) is 0 Å². The Bertz CT molecular complexity index is 346. The average molecular weight is 333 g/mol. The number of hydrogen-bond acceptors (Lipinski definition) is 2. The van der Waals surface area contributed by atoms with Crippen LogP contribution in [0.15, 0.2) is 24.3 Å². The highest BCUT2D eigenvalue weighted by atomic mass is 127. The summed E-state index contributed by atoms with van der Waals surface area (Å²) in [5, 5.41) is 2.96. The molecule has 0 radical (unpaired) electrons. The minimum Gasteiger partial charge on any atom is -0.326 e. The van der Waals surface area contributed by atoms with Gasteiger partial charge in [-0.3, -0.25) is 4.79 Å². The molecule has 15 heavy (non-hydrogen) atoms. The molecule has 1 amide bonds. The normalized spacial score (nSPS) is 20.2. The molecule has 2 nitrogen and oxygen atoms in total. The van der Waals surface area contributed by atoms with Crippen molar-refractivity contribution in [1.82, 2.24) is 0 Å². The van der Waals surface area contributed by atoms with Crippen LogP contribution in [0.2, 0.25) is 0 Å². The van der Waals surface area contributed by atoms with Crippen molar-refractivity contribution in [3.8, 4) is 0 Å². The molecular formula is C11H12INOS. The zero-order valence-electron chi connectivity index (χ0n) is 8.20. The first kappa shape index (κ1) is 11.3. The molecule has 1 aliphatic heterocycles. The van der Waals surface area contributed by atoms with Crippen molar-refractivity contribution >= 4 is 45.9 Å². The fraction of sp³-hybridized carbons (Fsp3) is 0.364. The number of rotatable bonds is 2. The Morgan fingerprint density at radius 2 is 2.13 bits per heavy atom. The third kappa shape index (κ3) is 3.11. The molecule has 1 saturated heterocycles. The zero-order valence-corrected chi connectivity index (χ0v) is 11.2. The van der Waals surface area contributed by atoms with E-state index in [9.17, 15) is 4.79 Å². The quantitative estimate of drug-likeness (QED) is 0.843. The van der Waals surface area contributed by atoms with Crippen molar-refractivity contribution in [2.75, 3.05) is 16.8 Å². The number of carbonyl (C=O) groups excluding carboxylic acids is 1. The Labute approximate surface area is 107 Å². The number of carbonyl (C=O) groups is 1. The molecule has 0 saturated carbocycles. The number of nitrogens with one attached hydrogen (secondary N) is 1. The van der Waals surface area contributed by atoms with Crippen LogP contribution in [0.5, 0.6) is 0 Å². The van der Waals surface area contributed by atoms with Crippen molar-refractivity contribution in [3.05, 3.63) is 27.8 Å². The van der Waals surface area contributed by atoms with Gasteiger partial charge < -0.3 is 5.32 Å². The standard InChI is InChI=1S/C11H12INOS/c12-9-1-3-10(4-2-9)13-11(14)8-5-6-15-7-8/h1-4,8H,5-7H2,(H,13,14). The first-order valence-corrected chi connectivity index (χ1v) is 7.13. The lowest BCUT2D eigenvalue weighted by atomic mass is 10.1. The molecule has 1 atom stereocenters. The molecule has 2 rings (SSSR count). The predicted molar refractivity (Wildman–Crippen MR) is 73.2 cm³/mol. The number of thioether (sulfide) groups is 1. The maximum atomic E-state index is 11.8. The van der Waals surface area contributed by atoms with E-state index < -0.39 is 0 Å². The third-order valence-corrected chi connectivity index (χ3v) is 4.29. The number of amides is 1. The average Bonchev–Trinajstić information content (AvgIpc) is 2.74. The van der Waals surface area contributed by atoms with Gasteiger partial charge >= 0.3 is 0 Å². The fourth-order valence-electron chi connectivity index (χ4n) is 1.52. The molecule has 1 fully saturated rings. The summed E-state index contributed by atoms with van der Waals surface area (Å²) in [6.45, 7) is 0. The van der Waals surface area contributed by atoms with Gasteiger partial charge in [-0.1, -0.05) is 0 Å². The van der Waals surface area contributed by atoms with Crippen molar-refractivity contribution in [2.24, 2.45) is 5.92 Å². The number of benzene rings is 1. The van der Waals surface area contributed by atoms with Crippen molar-refractivity contribution in [3.63, 3.8) is 0 Å². The zero-order chi connectivity index (χ0) is 10.7. The number of anilines is 1. The molecule has 1 aromatic rings. The van der Waals surface area contributed by atoms with Crippen LogP contribution in [-0.2, 0) is 4.79 Å². The lowest BCUT2D eigenvalue weighted by Gasteiger charge is -2.09. The van der Waals surface area contributed by atoms with Gasteiger partial charge in [-0.2, -0.15) is 11.8 Å². The van der Waals surface area contributed by atoms with E-state index in [0.29, 0.717) is 0 Å². The summed E-state index contributed by atoms with van der Waals surface area (Å²) >= 11 is 4.11. The van der Waals surface area contributed by atoms with Crippen LogP contribution in [0.1, 0.15) is 6.42 Å². The Hall–Kier alpha value is -0.230. The predicted octanol–water partition coefficient (Wildman–Crippen LogP) is 2.98. The Kier molecular flexibility index (Phi) is 3.91. The Balaban J connectivity index is 1.96. The van der Waals surface area contributed by atoms with E-state index in [1.807, 2.05) is 36.0 Å². The molecule has 0 aromatic heterocycles. The molecule has 1 aliphatic rings. The summed E-state index contributed by atoms with van der Waals surface area (Å²) in [6, 6.07) is 7.89. The van der Waals surface area contributed by atoms with Crippen LogP contribution in [0, 0.1) is 9.49 Å². The second-order valence-corrected chi connectivity index (χ2v) is 5.95. The highest BCUT2D eigenvalue weighted by Gasteiger charge is 2.22. The lowest BCUT2D eigenvalue weighted by molar-refractivity contribution is -0.119. The van der Waals surface area contributed by atoms with Gasteiger partial charge in [0.05, 0.1) is 0 Å². The lowest BCUT2D eigenvalue weighted by Crippen LogP contribution is -2.22. The second kappa shape index (κ2) is 5.21. The SMILES string of the molecule is O=C(Nc1ccc(I)cc1)C1CCSC1. The molecule has 4 heteroatoms. The van der Waals surface area contributed by atoms with E-state index in [2.05, 4.69) is 27.9 Å². The molecule has 1 aromatic carbocycles. The molecule has 1 N–H and O–H groups in total. The van der Waals surface area contributed by atoms with Gasteiger partial charge in [-0.25, -0.2) is 0 Å². The topological polar surface area (TPSA) is 29.1 Å². The highest BCUT2D eigenvalue weighted by Crippen LogP contribution is 2.24. The van der Waals surface area contributed by atoms with E-state index in [1.165, 1.54) is 3.57 Å². The molecule has 1 unspecified atom stereocenters. The molecule has 0 spiro atoms. The summed E-state index contributed by atoms with van der Waals surface area (Å²) in [4.78, 5) is 11.8. The van der Waals surface area contributed by atoms with Crippen molar-refractivity contribution < 1.29 is 4.79 Å². The van der Waals surface area contributed by atoms with Crippen LogP contribution in [-0.4, -0.2) is 17.4 Å². The Morgan fingerprint density at radius 1 is 1.40 bits per heavy atom. The van der Waals surface area contributed by atoms with Gasteiger partial charge in [0.25, 0.3) is 0 Å².